The van der Waals surface area contributed by atoms with Gasteiger partial charge in [0.05, 0.1) is 17.5 Å². The Balaban J connectivity index is 1.57. The van der Waals surface area contributed by atoms with Gasteiger partial charge in [0.15, 0.2) is 0 Å². The Bertz CT molecular complexity index is 886. The van der Waals surface area contributed by atoms with Gasteiger partial charge in [-0.2, -0.15) is 0 Å². The minimum Gasteiger partial charge on any atom is -0.322 e. The molecular formula is C21H19FN2O3. The Kier molecular flexibility index (Phi) is 4.48. The van der Waals surface area contributed by atoms with E-state index in [9.17, 15) is 18.8 Å². The summed E-state index contributed by atoms with van der Waals surface area (Å²) in [7, 11) is 0. The lowest BCUT2D eigenvalue weighted by atomic mass is 9.81. The molecule has 27 heavy (non-hydrogen) atoms. The zero-order valence-electron chi connectivity index (χ0n) is 14.7. The summed E-state index contributed by atoms with van der Waals surface area (Å²) < 4.78 is 13.0. The number of anilines is 2. The Morgan fingerprint density at radius 1 is 0.963 bits per heavy atom. The van der Waals surface area contributed by atoms with Crippen LogP contribution in [0.2, 0.25) is 0 Å². The lowest BCUT2D eigenvalue weighted by molar-refractivity contribution is -0.122. The van der Waals surface area contributed by atoms with Crippen molar-refractivity contribution in [2.45, 2.75) is 25.7 Å². The van der Waals surface area contributed by atoms with E-state index in [1.165, 1.54) is 29.2 Å². The molecule has 5 nitrogen and oxygen atoms in total. The normalized spacial score (nSPS) is 21.9. The number of rotatable bonds is 3. The van der Waals surface area contributed by atoms with Crippen molar-refractivity contribution in [3.8, 4) is 0 Å². The van der Waals surface area contributed by atoms with Gasteiger partial charge in [0.1, 0.15) is 5.82 Å². The van der Waals surface area contributed by atoms with Crippen LogP contribution >= 0.6 is 0 Å². The van der Waals surface area contributed by atoms with E-state index in [-0.39, 0.29) is 35.4 Å². The van der Waals surface area contributed by atoms with Gasteiger partial charge in [-0.25, -0.2) is 4.39 Å². The van der Waals surface area contributed by atoms with Gasteiger partial charge in [-0.1, -0.05) is 18.9 Å². The third kappa shape index (κ3) is 3.23. The van der Waals surface area contributed by atoms with Gasteiger partial charge in [0, 0.05) is 11.3 Å². The Morgan fingerprint density at radius 2 is 1.59 bits per heavy atom. The average molecular weight is 366 g/mol. The van der Waals surface area contributed by atoms with E-state index in [4.69, 9.17) is 0 Å². The van der Waals surface area contributed by atoms with E-state index in [0.717, 1.165) is 25.7 Å². The van der Waals surface area contributed by atoms with Crippen LogP contribution in [0, 0.1) is 17.7 Å². The van der Waals surface area contributed by atoms with Crippen molar-refractivity contribution < 1.29 is 18.8 Å². The molecule has 0 spiro atoms. The molecule has 2 atom stereocenters. The second-order valence-electron chi connectivity index (χ2n) is 7.02. The van der Waals surface area contributed by atoms with Gasteiger partial charge in [-0.15, -0.1) is 0 Å². The van der Waals surface area contributed by atoms with Crippen LogP contribution in [0.15, 0.2) is 48.5 Å². The van der Waals surface area contributed by atoms with Crippen molar-refractivity contribution >= 4 is 29.1 Å². The first-order valence-electron chi connectivity index (χ1n) is 9.09. The summed E-state index contributed by atoms with van der Waals surface area (Å²) in [5.74, 6) is -1.57. The highest BCUT2D eigenvalue weighted by Crippen LogP contribution is 2.40. The number of hydrogen-bond donors (Lipinski definition) is 1. The summed E-state index contributed by atoms with van der Waals surface area (Å²) >= 11 is 0. The third-order valence-electron chi connectivity index (χ3n) is 5.31. The molecule has 0 aromatic heterocycles. The SMILES string of the molecule is O=C(Nc1ccc(F)cc1)c1cccc(N2C(=O)[C@@H]3CCCC[C@H]3C2=O)c1. The second-order valence-corrected chi connectivity index (χ2v) is 7.02. The predicted octanol–water partition coefficient (Wildman–Crippen LogP) is 3.76. The lowest BCUT2D eigenvalue weighted by Gasteiger charge is -2.19. The maximum absolute atomic E-state index is 13.0. The number of imide groups is 1. The molecule has 0 unspecified atom stereocenters. The van der Waals surface area contributed by atoms with Crippen LogP contribution in [0.1, 0.15) is 36.0 Å². The van der Waals surface area contributed by atoms with E-state index in [1.54, 1.807) is 24.3 Å². The topological polar surface area (TPSA) is 66.5 Å². The van der Waals surface area contributed by atoms with Crippen molar-refractivity contribution in [2.24, 2.45) is 11.8 Å². The molecule has 2 aromatic rings. The Morgan fingerprint density at radius 3 is 2.22 bits per heavy atom. The number of carbonyl (C=O) groups is 3. The minimum absolute atomic E-state index is 0.166. The van der Waals surface area contributed by atoms with Crippen LogP contribution in [0.5, 0.6) is 0 Å². The molecular weight excluding hydrogens is 347 g/mol. The van der Waals surface area contributed by atoms with Gasteiger partial charge in [-0.3, -0.25) is 19.3 Å². The molecule has 2 fully saturated rings. The lowest BCUT2D eigenvalue weighted by Crippen LogP contribution is -2.31. The standard InChI is InChI=1S/C21H19FN2O3/c22-14-8-10-15(11-9-14)23-19(25)13-4-3-5-16(12-13)24-20(26)17-6-1-2-7-18(17)21(24)27/h3-5,8-12,17-18H,1-2,6-7H2,(H,23,25)/t17-,18-/m1/s1. The maximum Gasteiger partial charge on any atom is 0.255 e. The van der Waals surface area contributed by atoms with Gasteiger partial charge in [0.25, 0.3) is 5.91 Å². The molecule has 1 saturated carbocycles. The smallest absolute Gasteiger partial charge is 0.255 e. The Hall–Kier alpha value is -3.02. The first-order valence-corrected chi connectivity index (χ1v) is 9.09. The van der Waals surface area contributed by atoms with Crippen molar-refractivity contribution in [1.82, 2.24) is 0 Å². The number of nitrogens with one attached hydrogen (secondary N) is 1. The third-order valence-corrected chi connectivity index (χ3v) is 5.31. The highest BCUT2D eigenvalue weighted by Gasteiger charge is 2.48. The fraction of sp³-hybridized carbons (Fsp3) is 0.286. The zero-order chi connectivity index (χ0) is 19.0. The van der Waals surface area contributed by atoms with Crippen LogP contribution in [0.25, 0.3) is 0 Å². The maximum atomic E-state index is 13.0. The molecule has 1 N–H and O–H groups in total. The monoisotopic (exact) mass is 366 g/mol. The predicted molar refractivity (Wildman–Crippen MR) is 98.7 cm³/mol. The van der Waals surface area contributed by atoms with Gasteiger partial charge in [-0.05, 0) is 55.3 Å². The first kappa shape index (κ1) is 17.4. The fourth-order valence-corrected chi connectivity index (χ4v) is 3.94. The van der Waals surface area contributed by atoms with Crippen molar-refractivity contribution in [2.75, 3.05) is 10.2 Å². The summed E-state index contributed by atoms with van der Waals surface area (Å²) in [6, 6.07) is 11.9. The van der Waals surface area contributed by atoms with Gasteiger partial charge in [0.2, 0.25) is 11.8 Å². The Labute approximate surface area is 156 Å². The molecule has 0 radical (unpaired) electrons. The van der Waals surface area contributed by atoms with E-state index in [2.05, 4.69) is 5.32 Å². The van der Waals surface area contributed by atoms with E-state index >= 15 is 0 Å². The number of amides is 3. The summed E-state index contributed by atoms with van der Waals surface area (Å²) in [5.41, 5.74) is 1.21. The number of hydrogen-bond acceptors (Lipinski definition) is 3. The molecule has 0 bridgehead atoms. The second kappa shape index (κ2) is 6.95. The zero-order valence-corrected chi connectivity index (χ0v) is 14.7. The van der Waals surface area contributed by atoms with E-state index in [1.807, 2.05) is 0 Å². The van der Waals surface area contributed by atoms with E-state index in [0.29, 0.717) is 16.9 Å². The van der Waals surface area contributed by atoms with Crippen molar-refractivity contribution in [1.29, 1.82) is 0 Å². The van der Waals surface area contributed by atoms with Crippen LogP contribution in [-0.2, 0) is 9.59 Å². The summed E-state index contributed by atoms with van der Waals surface area (Å²) in [6.07, 6.45) is 3.43. The largest absolute Gasteiger partial charge is 0.322 e. The number of nitrogens with zero attached hydrogens (tertiary/aromatic N) is 1. The van der Waals surface area contributed by atoms with Gasteiger partial charge >= 0.3 is 0 Å². The van der Waals surface area contributed by atoms with Crippen LogP contribution in [-0.4, -0.2) is 17.7 Å². The fourth-order valence-electron chi connectivity index (χ4n) is 3.94. The van der Waals surface area contributed by atoms with Gasteiger partial charge < -0.3 is 5.32 Å². The molecule has 6 heteroatoms. The van der Waals surface area contributed by atoms with Crippen LogP contribution < -0.4 is 10.2 Å². The molecule has 4 rings (SSSR count). The minimum atomic E-state index is -0.389. The van der Waals surface area contributed by atoms with Crippen LogP contribution in [0.4, 0.5) is 15.8 Å². The molecule has 138 valence electrons. The highest BCUT2D eigenvalue weighted by molar-refractivity contribution is 6.22. The number of benzene rings is 2. The molecule has 2 aliphatic rings. The molecule has 2 aromatic carbocycles. The average Bonchev–Trinajstić information content (AvgIpc) is 2.95. The molecule has 1 aliphatic carbocycles. The molecule has 1 saturated heterocycles. The first-order chi connectivity index (χ1) is 13.0. The number of fused-ring (bicyclic) bond motifs is 1. The molecule has 1 aliphatic heterocycles. The van der Waals surface area contributed by atoms with Crippen molar-refractivity contribution in [3.05, 3.63) is 59.9 Å². The summed E-state index contributed by atoms with van der Waals surface area (Å²) in [5, 5.41) is 2.68. The quantitative estimate of drug-likeness (QED) is 0.841. The highest BCUT2D eigenvalue weighted by atomic mass is 19.1. The summed E-state index contributed by atoms with van der Waals surface area (Å²) in [6.45, 7) is 0. The molecule has 3 amide bonds. The van der Waals surface area contributed by atoms with E-state index < -0.39 is 0 Å². The van der Waals surface area contributed by atoms with Crippen LogP contribution in [0.3, 0.4) is 0 Å². The summed E-state index contributed by atoms with van der Waals surface area (Å²) in [4.78, 5) is 39.2. The number of halogens is 1. The van der Waals surface area contributed by atoms with Crippen molar-refractivity contribution in [3.63, 3.8) is 0 Å². The molecule has 1 heterocycles. The number of carbonyl (C=O) groups excluding carboxylic acids is 3.